The first-order chi connectivity index (χ1) is 12.4. The van der Waals surface area contributed by atoms with Gasteiger partial charge in [-0.3, -0.25) is 9.69 Å². The van der Waals surface area contributed by atoms with Crippen molar-refractivity contribution in [3.8, 4) is 0 Å². The molecule has 3 rings (SSSR count). The molecular weight excluding hydrogens is 326 g/mol. The van der Waals surface area contributed by atoms with Gasteiger partial charge in [-0.05, 0) is 49.3 Å². The second-order valence-corrected chi connectivity index (χ2v) is 8.09. The third kappa shape index (κ3) is 3.25. The fourth-order valence-electron chi connectivity index (χ4n) is 4.56. The van der Waals surface area contributed by atoms with E-state index in [1.165, 1.54) is 16.0 Å². The molecular formula is C21H31N3O2. The van der Waals surface area contributed by atoms with E-state index in [1.54, 1.807) is 0 Å². The Morgan fingerprint density at radius 3 is 2.27 bits per heavy atom. The molecule has 1 saturated heterocycles. The maximum atomic E-state index is 13.2. The van der Waals surface area contributed by atoms with E-state index in [9.17, 15) is 9.59 Å². The summed E-state index contributed by atoms with van der Waals surface area (Å²) in [6.07, 6.45) is 4.13. The van der Waals surface area contributed by atoms with Crippen LogP contribution < -0.4 is 5.32 Å². The second-order valence-electron chi connectivity index (χ2n) is 8.09. The lowest BCUT2D eigenvalue weighted by molar-refractivity contribution is -0.137. The molecule has 2 fully saturated rings. The summed E-state index contributed by atoms with van der Waals surface area (Å²) < 4.78 is 0. The van der Waals surface area contributed by atoms with Crippen molar-refractivity contribution in [3.05, 3.63) is 35.4 Å². The van der Waals surface area contributed by atoms with Crippen LogP contribution in [0, 0.1) is 11.8 Å². The van der Waals surface area contributed by atoms with Crippen LogP contribution in [0.3, 0.4) is 0 Å². The summed E-state index contributed by atoms with van der Waals surface area (Å²) in [6, 6.07) is 8.26. The lowest BCUT2D eigenvalue weighted by Gasteiger charge is -2.42. The molecule has 1 saturated carbocycles. The molecule has 142 valence electrons. The largest absolute Gasteiger partial charge is 0.326 e. The van der Waals surface area contributed by atoms with Crippen LogP contribution in [0.4, 0.5) is 4.79 Å². The minimum absolute atomic E-state index is 0.0459. The third-order valence-corrected chi connectivity index (χ3v) is 6.25. The topological polar surface area (TPSA) is 52.6 Å². The predicted molar refractivity (Wildman–Crippen MR) is 102 cm³/mol. The molecule has 3 amide bonds. The number of benzene rings is 1. The highest BCUT2D eigenvalue weighted by molar-refractivity contribution is 6.07. The van der Waals surface area contributed by atoms with Crippen LogP contribution >= 0.6 is 0 Å². The van der Waals surface area contributed by atoms with Gasteiger partial charge in [-0.15, -0.1) is 0 Å². The van der Waals surface area contributed by atoms with Crippen molar-refractivity contribution < 1.29 is 9.59 Å². The Kier molecular flexibility index (Phi) is 5.37. The zero-order valence-corrected chi connectivity index (χ0v) is 16.4. The fourth-order valence-corrected chi connectivity index (χ4v) is 4.56. The maximum absolute atomic E-state index is 13.2. The second kappa shape index (κ2) is 7.39. The molecule has 26 heavy (non-hydrogen) atoms. The molecule has 0 bridgehead atoms. The number of aryl methyl sites for hydroxylation is 1. The molecule has 1 N–H and O–H groups in total. The molecule has 0 aromatic heterocycles. The van der Waals surface area contributed by atoms with Crippen LogP contribution in [0.5, 0.6) is 0 Å². The van der Waals surface area contributed by atoms with Gasteiger partial charge in [-0.2, -0.15) is 0 Å². The van der Waals surface area contributed by atoms with E-state index in [0.29, 0.717) is 13.2 Å². The fraction of sp³-hybridized carbons (Fsp3) is 0.619. The molecule has 1 heterocycles. The number of imide groups is 1. The highest BCUT2D eigenvalue weighted by Crippen LogP contribution is 2.42. The monoisotopic (exact) mass is 357 g/mol. The Hall–Kier alpha value is -1.88. The maximum Gasteiger partial charge on any atom is 0.326 e. The van der Waals surface area contributed by atoms with Crippen molar-refractivity contribution in [2.45, 2.75) is 58.5 Å². The Labute approximate surface area is 156 Å². The molecule has 5 nitrogen and oxygen atoms in total. The third-order valence-electron chi connectivity index (χ3n) is 6.25. The normalized spacial score (nSPS) is 28.9. The molecule has 1 aromatic carbocycles. The Morgan fingerprint density at radius 2 is 1.69 bits per heavy atom. The average molecular weight is 357 g/mol. The quantitative estimate of drug-likeness (QED) is 0.822. The zero-order valence-electron chi connectivity index (χ0n) is 16.4. The summed E-state index contributed by atoms with van der Waals surface area (Å²) in [7, 11) is 1.95. The van der Waals surface area contributed by atoms with Crippen LogP contribution in [-0.2, 0) is 17.8 Å². The highest BCUT2D eigenvalue weighted by Gasteiger charge is 2.58. The summed E-state index contributed by atoms with van der Waals surface area (Å²) in [5.74, 6) is 0.314. The molecule has 2 aliphatic rings. The van der Waals surface area contributed by atoms with E-state index < -0.39 is 5.54 Å². The zero-order chi connectivity index (χ0) is 18.9. The molecule has 5 heteroatoms. The molecule has 1 aromatic rings. The smallest absolute Gasteiger partial charge is 0.323 e. The van der Waals surface area contributed by atoms with Gasteiger partial charge in [0.1, 0.15) is 5.54 Å². The van der Waals surface area contributed by atoms with Crippen molar-refractivity contribution in [2.75, 3.05) is 13.7 Å². The van der Waals surface area contributed by atoms with Gasteiger partial charge in [0.15, 0.2) is 0 Å². The summed E-state index contributed by atoms with van der Waals surface area (Å²) in [5.41, 5.74) is 1.79. The van der Waals surface area contributed by atoms with E-state index >= 15 is 0 Å². The van der Waals surface area contributed by atoms with Crippen molar-refractivity contribution in [2.24, 2.45) is 11.8 Å². The summed E-state index contributed by atoms with van der Waals surface area (Å²) in [6.45, 7) is 7.36. The Morgan fingerprint density at radius 1 is 1.12 bits per heavy atom. The number of rotatable bonds is 5. The first kappa shape index (κ1) is 18.9. The minimum atomic E-state index is -0.709. The van der Waals surface area contributed by atoms with Gasteiger partial charge in [-0.25, -0.2) is 9.69 Å². The number of nitrogens with zero attached hydrogens (tertiary/aromatic N) is 2. The molecule has 1 aliphatic heterocycles. The SMILES string of the molecule is CCc1ccc(CN(C)CN2C(=O)NC3(C2=O)C(C)CCCC3C)cc1. The molecule has 1 aliphatic carbocycles. The van der Waals surface area contributed by atoms with Crippen LogP contribution in [0.25, 0.3) is 0 Å². The standard InChI is InChI=1S/C21H31N3O2/c1-5-17-9-11-18(12-10-17)13-23(4)14-24-19(25)21(22-20(24)26)15(2)7-6-8-16(21)3/h9-12,15-16H,5-8,13-14H2,1-4H3,(H,22,26). The summed E-state index contributed by atoms with van der Waals surface area (Å²) >= 11 is 0. The molecule has 0 radical (unpaired) electrons. The lowest BCUT2D eigenvalue weighted by atomic mass is 9.67. The highest BCUT2D eigenvalue weighted by atomic mass is 16.2. The average Bonchev–Trinajstić information content (AvgIpc) is 2.86. The number of amides is 3. The number of carbonyl (C=O) groups is 2. The van der Waals surface area contributed by atoms with Crippen molar-refractivity contribution in [3.63, 3.8) is 0 Å². The van der Waals surface area contributed by atoms with Crippen LogP contribution in [0.15, 0.2) is 24.3 Å². The molecule has 2 unspecified atom stereocenters. The number of hydrogen-bond acceptors (Lipinski definition) is 3. The first-order valence-electron chi connectivity index (χ1n) is 9.79. The van der Waals surface area contributed by atoms with E-state index in [2.05, 4.69) is 50.4 Å². The van der Waals surface area contributed by atoms with E-state index in [-0.39, 0.29) is 23.8 Å². The predicted octanol–water partition coefficient (Wildman–Crippen LogP) is 3.39. The van der Waals surface area contributed by atoms with Gasteiger partial charge in [0.05, 0.1) is 6.67 Å². The van der Waals surface area contributed by atoms with Crippen molar-refractivity contribution in [1.82, 2.24) is 15.1 Å². The lowest BCUT2D eigenvalue weighted by Crippen LogP contribution is -2.59. The molecule has 2 atom stereocenters. The summed E-state index contributed by atoms with van der Waals surface area (Å²) in [4.78, 5) is 29.2. The number of carbonyl (C=O) groups excluding carboxylic acids is 2. The van der Waals surface area contributed by atoms with Crippen LogP contribution in [-0.4, -0.2) is 41.0 Å². The van der Waals surface area contributed by atoms with Gasteiger partial charge in [0.25, 0.3) is 5.91 Å². The van der Waals surface area contributed by atoms with Crippen LogP contribution in [0.1, 0.15) is 51.2 Å². The van der Waals surface area contributed by atoms with Gasteiger partial charge < -0.3 is 5.32 Å². The summed E-state index contributed by atoms with van der Waals surface area (Å²) in [5, 5.41) is 3.06. The number of urea groups is 1. The van der Waals surface area contributed by atoms with E-state index in [0.717, 1.165) is 25.7 Å². The van der Waals surface area contributed by atoms with Crippen molar-refractivity contribution >= 4 is 11.9 Å². The van der Waals surface area contributed by atoms with Gasteiger partial charge in [0.2, 0.25) is 0 Å². The van der Waals surface area contributed by atoms with Crippen molar-refractivity contribution in [1.29, 1.82) is 0 Å². The van der Waals surface area contributed by atoms with Gasteiger partial charge in [-0.1, -0.05) is 51.5 Å². The Bertz CT molecular complexity index is 660. The Balaban J connectivity index is 1.69. The van der Waals surface area contributed by atoms with E-state index in [1.807, 2.05) is 11.9 Å². The number of nitrogens with one attached hydrogen (secondary N) is 1. The minimum Gasteiger partial charge on any atom is -0.323 e. The number of hydrogen-bond donors (Lipinski definition) is 1. The van der Waals surface area contributed by atoms with Gasteiger partial charge >= 0.3 is 6.03 Å². The molecule has 1 spiro atoms. The first-order valence-corrected chi connectivity index (χ1v) is 9.79. The van der Waals surface area contributed by atoms with Gasteiger partial charge in [0, 0.05) is 6.54 Å². The van der Waals surface area contributed by atoms with Crippen LogP contribution in [0.2, 0.25) is 0 Å². The van der Waals surface area contributed by atoms with E-state index in [4.69, 9.17) is 0 Å².